The van der Waals surface area contributed by atoms with Crippen LogP contribution >= 0.6 is 10.0 Å². The molecular formula is C27H48S. The molecule has 2 aromatic carbocycles. The molecule has 0 heterocycles. The second kappa shape index (κ2) is 14.7. The van der Waals surface area contributed by atoms with Gasteiger partial charge >= 0.3 is 0 Å². The van der Waals surface area contributed by atoms with Crippen LogP contribution in [0.15, 0.2) is 48.5 Å². The average Bonchev–Trinajstić information content (AvgIpc) is 2.65. The summed E-state index contributed by atoms with van der Waals surface area (Å²) in [5, 5.41) is 0. The van der Waals surface area contributed by atoms with E-state index < -0.39 is 10.0 Å². The first kappa shape index (κ1) is 29.0. The lowest BCUT2D eigenvalue weighted by molar-refractivity contribution is 0.640. The minimum atomic E-state index is -0.482. The summed E-state index contributed by atoms with van der Waals surface area (Å²) in [6, 6.07) is 18.1. The largest absolute Gasteiger partial charge is 0.246 e. The highest BCUT2D eigenvalue weighted by Crippen LogP contribution is 2.39. The van der Waals surface area contributed by atoms with Gasteiger partial charge in [0.1, 0.15) is 0 Å². The first-order chi connectivity index (χ1) is 13.1. The van der Waals surface area contributed by atoms with Gasteiger partial charge in [-0.3, -0.25) is 0 Å². The van der Waals surface area contributed by atoms with Crippen molar-refractivity contribution in [3.05, 3.63) is 70.8 Å². The van der Waals surface area contributed by atoms with E-state index in [0.29, 0.717) is 0 Å². The van der Waals surface area contributed by atoms with Crippen molar-refractivity contribution >= 4 is 10.0 Å². The van der Waals surface area contributed by atoms with Crippen molar-refractivity contribution in [3.8, 4) is 0 Å². The lowest BCUT2D eigenvalue weighted by Gasteiger charge is -2.28. The summed E-state index contributed by atoms with van der Waals surface area (Å²) in [4.78, 5) is 0. The van der Waals surface area contributed by atoms with E-state index >= 15 is 0 Å². The fourth-order valence-corrected chi connectivity index (χ4v) is 3.85. The maximum Gasteiger partial charge on any atom is 0.0146 e. The highest BCUT2D eigenvalue weighted by Gasteiger charge is 2.22. The first-order valence-electron chi connectivity index (χ1n) is 10.9. The molecule has 1 heteroatoms. The van der Waals surface area contributed by atoms with Crippen molar-refractivity contribution in [2.45, 2.75) is 79.9 Å². The van der Waals surface area contributed by atoms with Gasteiger partial charge in [-0.2, -0.15) is 0 Å². The SMILES string of the molecule is CC.CC.CCC.Cc1ccc(C(C)(C)c2ccc(CS(C)(C)C)cc2)cc1. The van der Waals surface area contributed by atoms with Crippen molar-refractivity contribution < 1.29 is 0 Å². The second-order valence-electron chi connectivity index (χ2n) is 8.13. The third-order valence-electron chi connectivity index (χ3n) is 4.05. The van der Waals surface area contributed by atoms with E-state index in [1.165, 1.54) is 34.4 Å². The average molecular weight is 405 g/mol. The predicted molar refractivity (Wildman–Crippen MR) is 137 cm³/mol. The molecule has 0 atom stereocenters. The molecule has 0 saturated heterocycles. The summed E-state index contributed by atoms with van der Waals surface area (Å²) >= 11 is 0. The molecule has 2 rings (SSSR count). The highest BCUT2D eigenvalue weighted by molar-refractivity contribution is 8.31. The summed E-state index contributed by atoms with van der Waals surface area (Å²) in [6.07, 6.45) is 8.37. The Bertz CT molecular complexity index is 598. The van der Waals surface area contributed by atoms with E-state index in [9.17, 15) is 0 Å². The zero-order valence-corrected chi connectivity index (χ0v) is 21.8. The molecular weight excluding hydrogens is 356 g/mol. The first-order valence-corrected chi connectivity index (χ1v) is 14.0. The fraction of sp³-hybridized carbons (Fsp3) is 0.556. The summed E-state index contributed by atoms with van der Waals surface area (Å²) < 4.78 is 0. The zero-order valence-electron chi connectivity index (χ0n) is 20.9. The van der Waals surface area contributed by atoms with E-state index in [0.717, 1.165) is 0 Å². The van der Waals surface area contributed by atoms with E-state index in [4.69, 9.17) is 0 Å². The van der Waals surface area contributed by atoms with Crippen LogP contribution in [0.5, 0.6) is 0 Å². The van der Waals surface area contributed by atoms with Gasteiger partial charge in [0, 0.05) is 11.2 Å². The van der Waals surface area contributed by atoms with Gasteiger partial charge in [-0.15, -0.1) is 0 Å². The maximum atomic E-state index is 2.37. The van der Waals surface area contributed by atoms with Crippen LogP contribution < -0.4 is 0 Å². The summed E-state index contributed by atoms with van der Waals surface area (Å²) in [5.41, 5.74) is 5.60. The van der Waals surface area contributed by atoms with E-state index in [-0.39, 0.29) is 5.41 Å². The lowest BCUT2D eigenvalue weighted by Crippen LogP contribution is -2.18. The third kappa shape index (κ3) is 11.0. The van der Waals surface area contributed by atoms with E-state index in [2.05, 4.69) is 102 Å². The van der Waals surface area contributed by atoms with Gasteiger partial charge in [0.2, 0.25) is 0 Å². The Labute approximate surface area is 179 Å². The van der Waals surface area contributed by atoms with Crippen LogP contribution in [0.4, 0.5) is 0 Å². The van der Waals surface area contributed by atoms with Gasteiger partial charge < -0.3 is 0 Å². The van der Waals surface area contributed by atoms with Gasteiger partial charge in [-0.25, -0.2) is 10.0 Å². The number of benzene rings is 2. The Balaban J connectivity index is 0. The normalized spacial score (nSPS) is 11.0. The molecule has 0 spiro atoms. The Kier molecular flexibility index (Phi) is 15.3. The minimum Gasteiger partial charge on any atom is -0.246 e. The highest BCUT2D eigenvalue weighted by atomic mass is 32.3. The molecule has 0 amide bonds. The van der Waals surface area contributed by atoms with E-state index in [1.54, 1.807) is 0 Å². The Hall–Kier alpha value is -1.21. The number of hydrogen-bond donors (Lipinski definition) is 0. The number of hydrogen-bond acceptors (Lipinski definition) is 0. The molecule has 0 saturated carbocycles. The molecule has 0 aromatic heterocycles. The molecule has 0 bridgehead atoms. The second-order valence-corrected chi connectivity index (χ2v) is 12.6. The smallest absolute Gasteiger partial charge is 0.0146 e. The molecule has 0 radical (unpaired) electrons. The van der Waals surface area contributed by atoms with Crippen molar-refractivity contribution in [2.24, 2.45) is 0 Å². The Morgan fingerprint density at radius 3 is 1.32 bits per heavy atom. The Morgan fingerprint density at radius 1 is 0.679 bits per heavy atom. The summed E-state index contributed by atoms with van der Waals surface area (Å²) in [5.74, 6) is 1.21. The van der Waals surface area contributed by atoms with Crippen LogP contribution in [0.1, 0.15) is 84.1 Å². The molecule has 2 aromatic rings. The van der Waals surface area contributed by atoms with Gasteiger partial charge in [-0.1, -0.05) is 116 Å². The summed E-state index contributed by atoms with van der Waals surface area (Å²) in [6.45, 7) is 19.0. The molecule has 0 N–H and O–H groups in total. The van der Waals surface area contributed by atoms with Crippen LogP contribution in [0.3, 0.4) is 0 Å². The Morgan fingerprint density at radius 2 is 1.00 bits per heavy atom. The maximum absolute atomic E-state index is 2.37. The fourth-order valence-electron chi connectivity index (χ4n) is 2.65. The monoisotopic (exact) mass is 404 g/mol. The van der Waals surface area contributed by atoms with Crippen molar-refractivity contribution in [3.63, 3.8) is 0 Å². The van der Waals surface area contributed by atoms with Gasteiger partial charge in [-0.05, 0) is 42.4 Å². The molecule has 0 aliphatic carbocycles. The van der Waals surface area contributed by atoms with Crippen molar-refractivity contribution in [2.75, 3.05) is 18.8 Å². The van der Waals surface area contributed by atoms with Crippen molar-refractivity contribution in [1.82, 2.24) is 0 Å². The van der Waals surface area contributed by atoms with Gasteiger partial charge in [0.15, 0.2) is 0 Å². The van der Waals surface area contributed by atoms with Gasteiger partial charge in [0.25, 0.3) is 0 Å². The molecule has 0 unspecified atom stereocenters. The number of aryl methyl sites for hydroxylation is 1. The minimum absolute atomic E-state index is 0.0564. The molecule has 0 aliphatic heterocycles. The molecule has 0 fully saturated rings. The number of rotatable bonds is 4. The van der Waals surface area contributed by atoms with Crippen LogP contribution in [0.25, 0.3) is 0 Å². The predicted octanol–water partition coefficient (Wildman–Crippen LogP) is 8.98. The van der Waals surface area contributed by atoms with E-state index in [1.807, 2.05) is 27.7 Å². The quantitative estimate of drug-likeness (QED) is 0.477. The topological polar surface area (TPSA) is 0 Å². The van der Waals surface area contributed by atoms with Gasteiger partial charge in [0.05, 0.1) is 0 Å². The molecule has 0 nitrogen and oxygen atoms in total. The molecule has 28 heavy (non-hydrogen) atoms. The lowest BCUT2D eigenvalue weighted by atomic mass is 9.78. The molecule has 0 aliphatic rings. The van der Waals surface area contributed by atoms with Crippen LogP contribution in [-0.4, -0.2) is 18.8 Å². The van der Waals surface area contributed by atoms with Crippen LogP contribution in [-0.2, 0) is 11.2 Å². The zero-order chi connectivity index (χ0) is 22.4. The standard InChI is InChI=1S/C20H28S.C3H8.2C2H6/c1-16-7-11-18(12-8-16)20(2,3)19-13-9-17(10-14-19)15-21(4,5)6;1-3-2;2*1-2/h7-14H,15H2,1-6H3;3H2,1-2H3;2*1-2H3. The van der Waals surface area contributed by atoms with Crippen molar-refractivity contribution in [1.29, 1.82) is 0 Å². The summed E-state index contributed by atoms with van der Waals surface area (Å²) in [7, 11) is -0.482. The van der Waals surface area contributed by atoms with Crippen LogP contribution in [0.2, 0.25) is 0 Å². The molecule has 162 valence electrons. The third-order valence-corrected chi connectivity index (χ3v) is 5.25. The van der Waals surface area contributed by atoms with Crippen LogP contribution in [0, 0.1) is 6.92 Å².